The van der Waals surface area contributed by atoms with Crippen molar-refractivity contribution in [2.45, 2.75) is 44.0 Å². The highest BCUT2D eigenvalue weighted by molar-refractivity contribution is 9.10. The summed E-state index contributed by atoms with van der Waals surface area (Å²) in [6.45, 7) is 5.84. The molecule has 0 bridgehead atoms. The third-order valence-electron chi connectivity index (χ3n) is 3.55. The summed E-state index contributed by atoms with van der Waals surface area (Å²) >= 11 is 9.11. The smallest absolute Gasteiger partial charge is 0.253 e. The Balaban J connectivity index is 3.28. The normalized spacial score (nSPS) is 12.3. The van der Waals surface area contributed by atoms with Crippen molar-refractivity contribution in [1.29, 1.82) is 0 Å². The van der Waals surface area contributed by atoms with Crippen LogP contribution in [-0.2, 0) is 10.0 Å². The Kier molecular flexibility index (Phi) is 5.83. The van der Waals surface area contributed by atoms with Crippen LogP contribution in [0.15, 0.2) is 21.5 Å². The molecule has 3 N–H and O–H groups in total. The number of sulfonamides is 1. The number of hydrogen-bond acceptors (Lipinski definition) is 3. The number of primary sulfonamides is 1. The van der Waals surface area contributed by atoms with E-state index in [4.69, 9.17) is 16.7 Å². The van der Waals surface area contributed by atoms with E-state index in [1.54, 1.807) is 0 Å². The zero-order chi connectivity index (χ0) is 16.4. The lowest BCUT2D eigenvalue weighted by molar-refractivity contribution is 0.0901. The molecule has 0 spiro atoms. The second-order valence-corrected chi connectivity index (χ2v) is 7.82. The molecular formula is C13H18BrClN2O3S. The highest BCUT2D eigenvalue weighted by Gasteiger charge is 2.25. The zero-order valence-corrected chi connectivity index (χ0v) is 15.2. The maximum atomic E-state index is 12.3. The number of nitrogens with two attached hydrogens (primary N) is 1. The second kappa shape index (κ2) is 6.64. The van der Waals surface area contributed by atoms with Gasteiger partial charge in [0.1, 0.15) is 0 Å². The van der Waals surface area contributed by atoms with Crippen molar-refractivity contribution in [3.8, 4) is 0 Å². The van der Waals surface area contributed by atoms with E-state index < -0.39 is 15.9 Å². The summed E-state index contributed by atoms with van der Waals surface area (Å²) in [5.74, 6) is -0.427. The van der Waals surface area contributed by atoms with Gasteiger partial charge in [-0.15, -0.1) is 0 Å². The van der Waals surface area contributed by atoms with Gasteiger partial charge in [-0.05, 0) is 47.8 Å². The number of amides is 1. The van der Waals surface area contributed by atoms with Crippen LogP contribution >= 0.6 is 27.5 Å². The third kappa shape index (κ3) is 4.42. The van der Waals surface area contributed by atoms with Gasteiger partial charge in [-0.2, -0.15) is 0 Å². The minimum Gasteiger partial charge on any atom is -0.347 e. The number of benzene rings is 1. The van der Waals surface area contributed by atoms with Gasteiger partial charge < -0.3 is 5.32 Å². The monoisotopic (exact) mass is 396 g/mol. The van der Waals surface area contributed by atoms with Gasteiger partial charge in [0.2, 0.25) is 10.0 Å². The van der Waals surface area contributed by atoms with Crippen LogP contribution in [0, 0.1) is 0 Å². The molecule has 0 saturated carbocycles. The first kappa shape index (κ1) is 18.4. The van der Waals surface area contributed by atoms with Crippen molar-refractivity contribution >= 4 is 43.5 Å². The molecule has 0 aliphatic rings. The SMILES string of the molecule is CCC(C)(CC)NC(=O)c1cc(S(N)(=O)=O)c(Br)cc1Cl. The van der Waals surface area contributed by atoms with E-state index in [2.05, 4.69) is 21.2 Å². The first-order valence-electron chi connectivity index (χ1n) is 6.38. The summed E-state index contributed by atoms with van der Waals surface area (Å²) in [6, 6.07) is 2.54. The fourth-order valence-electron chi connectivity index (χ4n) is 1.69. The Morgan fingerprint density at radius 3 is 2.33 bits per heavy atom. The highest BCUT2D eigenvalue weighted by atomic mass is 79.9. The quantitative estimate of drug-likeness (QED) is 0.800. The lowest BCUT2D eigenvalue weighted by Crippen LogP contribution is -2.45. The summed E-state index contributed by atoms with van der Waals surface area (Å²) in [5, 5.41) is 8.15. The molecule has 1 rings (SSSR count). The molecule has 0 heterocycles. The molecule has 1 aromatic carbocycles. The van der Waals surface area contributed by atoms with Crippen LogP contribution < -0.4 is 10.5 Å². The molecule has 0 atom stereocenters. The van der Waals surface area contributed by atoms with Gasteiger partial charge in [0.25, 0.3) is 5.91 Å². The fraction of sp³-hybridized carbons (Fsp3) is 0.462. The number of hydrogen-bond donors (Lipinski definition) is 2. The predicted octanol–water partition coefficient (Wildman–Crippen LogP) is 3.06. The molecule has 0 radical (unpaired) electrons. The topological polar surface area (TPSA) is 89.3 Å². The van der Waals surface area contributed by atoms with Gasteiger partial charge in [0.15, 0.2) is 0 Å². The van der Waals surface area contributed by atoms with E-state index in [-0.39, 0.29) is 25.5 Å². The first-order chi connectivity index (χ1) is 9.54. The predicted molar refractivity (Wildman–Crippen MR) is 87.0 cm³/mol. The number of halogens is 2. The lowest BCUT2D eigenvalue weighted by atomic mass is 9.95. The number of carbonyl (C=O) groups excluding carboxylic acids is 1. The maximum absolute atomic E-state index is 12.3. The number of nitrogens with one attached hydrogen (secondary N) is 1. The summed E-state index contributed by atoms with van der Waals surface area (Å²) in [4.78, 5) is 12.2. The van der Waals surface area contributed by atoms with Crippen LogP contribution in [0.2, 0.25) is 5.02 Å². The van der Waals surface area contributed by atoms with E-state index in [1.807, 2.05) is 20.8 Å². The average Bonchev–Trinajstić information content (AvgIpc) is 2.36. The van der Waals surface area contributed by atoms with E-state index in [0.29, 0.717) is 0 Å². The molecule has 1 amide bonds. The maximum Gasteiger partial charge on any atom is 0.253 e. The van der Waals surface area contributed by atoms with Crippen molar-refractivity contribution in [3.05, 3.63) is 27.2 Å². The first-order valence-corrected chi connectivity index (χ1v) is 9.10. The molecule has 21 heavy (non-hydrogen) atoms. The standard InChI is InChI=1S/C13H18BrClN2O3S/c1-4-13(3,5-2)17-12(18)8-6-11(21(16,19)20)9(14)7-10(8)15/h6-7H,4-5H2,1-3H3,(H,17,18)(H2,16,19,20). The minimum atomic E-state index is -3.95. The molecule has 0 aliphatic heterocycles. The molecule has 0 fully saturated rings. The van der Waals surface area contributed by atoms with Crippen molar-refractivity contribution < 1.29 is 13.2 Å². The Hall–Kier alpha value is -0.630. The summed E-state index contributed by atoms with van der Waals surface area (Å²) in [6.07, 6.45) is 1.48. The molecule has 8 heteroatoms. The van der Waals surface area contributed by atoms with Gasteiger partial charge >= 0.3 is 0 Å². The Labute approximate surface area is 138 Å². The van der Waals surface area contributed by atoms with Crippen LogP contribution in [0.1, 0.15) is 44.0 Å². The van der Waals surface area contributed by atoms with E-state index in [0.717, 1.165) is 12.8 Å². The van der Waals surface area contributed by atoms with Gasteiger partial charge in [0.05, 0.1) is 15.5 Å². The molecule has 118 valence electrons. The minimum absolute atomic E-state index is 0.0806. The van der Waals surface area contributed by atoms with Crippen LogP contribution in [0.4, 0.5) is 0 Å². The second-order valence-electron chi connectivity index (χ2n) is 5.03. The van der Waals surface area contributed by atoms with Gasteiger partial charge in [0, 0.05) is 10.0 Å². The van der Waals surface area contributed by atoms with E-state index in [9.17, 15) is 13.2 Å². The fourth-order valence-corrected chi connectivity index (χ4v) is 3.70. The number of carbonyl (C=O) groups is 1. The Morgan fingerprint density at radius 1 is 1.38 bits per heavy atom. The van der Waals surface area contributed by atoms with Crippen LogP contribution in [0.25, 0.3) is 0 Å². The van der Waals surface area contributed by atoms with Crippen molar-refractivity contribution in [3.63, 3.8) is 0 Å². The van der Waals surface area contributed by atoms with Gasteiger partial charge in [-0.25, -0.2) is 13.6 Å². The lowest BCUT2D eigenvalue weighted by Gasteiger charge is -2.28. The summed E-state index contributed by atoms with van der Waals surface area (Å²) < 4.78 is 23.2. The third-order valence-corrected chi connectivity index (χ3v) is 5.73. The average molecular weight is 398 g/mol. The van der Waals surface area contributed by atoms with Crippen LogP contribution in [0.5, 0.6) is 0 Å². The van der Waals surface area contributed by atoms with E-state index >= 15 is 0 Å². The Bertz CT molecular complexity index is 658. The van der Waals surface area contributed by atoms with Gasteiger partial charge in [-0.3, -0.25) is 4.79 Å². The molecule has 0 saturated heterocycles. The zero-order valence-electron chi connectivity index (χ0n) is 12.0. The van der Waals surface area contributed by atoms with E-state index in [1.165, 1.54) is 12.1 Å². The van der Waals surface area contributed by atoms with Crippen molar-refractivity contribution in [1.82, 2.24) is 5.32 Å². The van der Waals surface area contributed by atoms with Gasteiger partial charge in [-0.1, -0.05) is 25.4 Å². The molecular weight excluding hydrogens is 380 g/mol. The molecule has 0 aromatic heterocycles. The van der Waals surface area contributed by atoms with Crippen LogP contribution in [-0.4, -0.2) is 19.9 Å². The molecule has 0 aliphatic carbocycles. The largest absolute Gasteiger partial charge is 0.347 e. The van der Waals surface area contributed by atoms with Crippen LogP contribution in [0.3, 0.4) is 0 Å². The highest BCUT2D eigenvalue weighted by Crippen LogP contribution is 2.29. The number of rotatable bonds is 5. The summed E-state index contributed by atoms with van der Waals surface area (Å²) in [5.41, 5.74) is -0.299. The van der Waals surface area contributed by atoms with Crippen molar-refractivity contribution in [2.75, 3.05) is 0 Å². The van der Waals surface area contributed by atoms with Crippen molar-refractivity contribution in [2.24, 2.45) is 5.14 Å². The summed E-state index contributed by atoms with van der Waals surface area (Å²) in [7, 11) is -3.95. The molecule has 1 aromatic rings. The molecule has 0 unspecified atom stereocenters. The molecule has 5 nitrogen and oxygen atoms in total. The Morgan fingerprint density at radius 2 is 1.90 bits per heavy atom.